The number of ether oxygens (including phenoxy) is 1. The maximum Gasteiger partial charge on any atom is 0.273 e. The van der Waals surface area contributed by atoms with Crippen LogP contribution >= 0.6 is 11.6 Å². The average molecular weight is 519 g/mol. The Hall–Kier alpha value is -3.23. The number of hydrogen-bond acceptors (Lipinski definition) is 7. The van der Waals surface area contributed by atoms with Gasteiger partial charge in [-0.1, -0.05) is 17.7 Å². The summed E-state index contributed by atoms with van der Waals surface area (Å²) < 4.78 is 5.76. The Morgan fingerprint density at radius 1 is 1.16 bits per heavy atom. The van der Waals surface area contributed by atoms with Crippen molar-refractivity contribution < 1.29 is 9.53 Å². The zero-order chi connectivity index (χ0) is 25.4. The second kappa shape index (κ2) is 9.91. The van der Waals surface area contributed by atoms with Gasteiger partial charge in [0.15, 0.2) is 0 Å². The molecule has 1 N–H and O–H groups in total. The van der Waals surface area contributed by atoms with Crippen molar-refractivity contribution in [1.29, 1.82) is 0 Å². The van der Waals surface area contributed by atoms with Crippen molar-refractivity contribution in [3.63, 3.8) is 0 Å². The van der Waals surface area contributed by atoms with Crippen LogP contribution in [0.25, 0.3) is 11.3 Å². The van der Waals surface area contributed by atoms with Gasteiger partial charge in [-0.25, -0.2) is 15.0 Å². The predicted molar refractivity (Wildman–Crippen MR) is 143 cm³/mol. The van der Waals surface area contributed by atoms with E-state index in [0.29, 0.717) is 28.9 Å². The summed E-state index contributed by atoms with van der Waals surface area (Å²) in [5, 5.41) is 4.12. The highest BCUT2D eigenvalue weighted by Crippen LogP contribution is 2.44. The number of nitrogens with zero attached hydrogens (tertiary/aromatic N) is 5. The number of halogens is 1. The summed E-state index contributed by atoms with van der Waals surface area (Å²) in [5.41, 5.74) is 2.99. The van der Waals surface area contributed by atoms with Gasteiger partial charge in [-0.2, -0.15) is 0 Å². The molecule has 8 nitrogen and oxygen atoms in total. The lowest BCUT2D eigenvalue weighted by Gasteiger charge is -2.49. The normalized spacial score (nSPS) is 20.8. The Kier molecular flexibility index (Phi) is 6.46. The first-order valence-electron chi connectivity index (χ1n) is 13.1. The quantitative estimate of drug-likeness (QED) is 0.547. The lowest BCUT2D eigenvalue weighted by molar-refractivity contribution is 0.0555. The highest BCUT2D eigenvalue weighted by atomic mass is 35.5. The molecule has 6 rings (SSSR count). The molecule has 6 heterocycles. The maximum atomic E-state index is 13.9. The van der Waals surface area contributed by atoms with Gasteiger partial charge in [-0.15, -0.1) is 0 Å². The van der Waals surface area contributed by atoms with Crippen LogP contribution in [0.1, 0.15) is 42.2 Å². The molecular formula is C28H31ClN6O2. The van der Waals surface area contributed by atoms with Gasteiger partial charge >= 0.3 is 0 Å². The molecule has 9 heteroatoms. The second-order valence-electron chi connectivity index (χ2n) is 10.1. The summed E-state index contributed by atoms with van der Waals surface area (Å²) in [7, 11) is 0. The van der Waals surface area contributed by atoms with Crippen LogP contribution in [-0.4, -0.2) is 71.1 Å². The Bertz CT molecular complexity index is 1300. The van der Waals surface area contributed by atoms with E-state index in [4.69, 9.17) is 21.3 Å². The molecule has 0 saturated carbocycles. The van der Waals surface area contributed by atoms with E-state index in [1.165, 1.54) is 0 Å². The minimum atomic E-state index is -0.149. The lowest BCUT2D eigenvalue weighted by atomic mass is 9.69. The van der Waals surface area contributed by atoms with Gasteiger partial charge in [-0.05, 0) is 68.6 Å². The number of rotatable bonds is 5. The fourth-order valence-electron chi connectivity index (χ4n) is 6.01. The fourth-order valence-corrected chi connectivity index (χ4v) is 6.17. The Morgan fingerprint density at radius 3 is 2.78 bits per heavy atom. The average Bonchev–Trinajstić information content (AvgIpc) is 3.47. The van der Waals surface area contributed by atoms with Crippen LogP contribution in [0.5, 0.6) is 5.88 Å². The Balaban J connectivity index is 1.38. The summed E-state index contributed by atoms with van der Waals surface area (Å²) >= 11 is 6.24. The zero-order valence-corrected chi connectivity index (χ0v) is 21.7. The summed E-state index contributed by atoms with van der Waals surface area (Å²) in [5.74, 6) is 1.46. The summed E-state index contributed by atoms with van der Waals surface area (Å²) in [6.07, 6.45) is 6.26. The van der Waals surface area contributed by atoms with Crippen molar-refractivity contribution in [1.82, 2.24) is 25.2 Å². The SMILES string of the molecule is CCOc1ncccc1-c1ccc2c(n1)C(=O)N(C1CCNC1)CC21CCN(c2cc(Cl)ccn2)CC1. The molecule has 3 aliphatic rings. The highest BCUT2D eigenvalue weighted by molar-refractivity contribution is 6.30. The van der Waals surface area contributed by atoms with Gasteiger partial charge in [0.05, 0.1) is 17.9 Å². The standard InChI is InChI=1S/C28H31ClN6O2/c1-2-37-26-21(4-3-11-32-26)23-6-5-22-25(33-23)27(36)35(20-8-12-30-17-20)18-28(22)9-14-34(15-10-28)24-16-19(29)7-13-31-24/h3-7,11,13,16,20,30H,2,8-10,12,14-15,17-18H2,1H3. The van der Waals surface area contributed by atoms with E-state index in [1.54, 1.807) is 18.5 Å². The molecule has 2 fully saturated rings. The first-order chi connectivity index (χ1) is 18.1. The van der Waals surface area contributed by atoms with Crippen molar-refractivity contribution in [3.8, 4) is 17.1 Å². The van der Waals surface area contributed by atoms with E-state index in [9.17, 15) is 4.79 Å². The van der Waals surface area contributed by atoms with Crippen molar-refractivity contribution in [2.45, 2.75) is 37.6 Å². The Labute approximate surface area is 222 Å². The lowest BCUT2D eigenvalue weighted by Crippen LogP contribution is -2.57. The van der Waals surface area contributed by atoms with Gasteiger partial charge in [-0.3, -0.25) is 4.79 Å². The monoisotopic (exact) mass is 518 g/mol. The summed E-state index contributed by atoms with van der Waals surface area (Å²) in [6.45, 7) is 6.62. The molecule has 0 bridgehead atoms. The highest BCUT2D eigenvalue weighted by Gasteiger charge is 2.48. The molecular weight excluding hydrogens is 488 g/mol. The molecule has 0 aromatic carbocycles. The van der Waals surface area contributed by atoms with Gasteiger partial charge in [0.2, 0.25) is 5.88 Å². The van der Waals surface area contributed by atoms with Crippen molar-refractivity contribution in [2.75, 3.05) is 44.2 Å². The third-order valence-electron chi connectivity index (χ3n) is 7.96. The van der Waals surface area contributed by atoms with E-state index in [1.807, 2.05) is 31.2 Å². The molecule has 1 atom stereocenters. The minimum Gasteiger partial charge on any atom is -0.477 e. The smallest absolute Gasteiger partial charge is 0.273 e. The molecule has 1 spiro atoms. The third kappa shape index (κ3) is 4.42. The van der Waals surface area contributed by atoms with Gasteiger partial charge in [0.25, 0.3) is 5.91 Å². The van der Waals surface area contributed by atoms with E-state index < -0.39 is 0 Å². The van der Waals surface area contributed by atoms with E-state index in [2.05, 4.69) is 31.2 Å². The molecule has 37 heavy (non-hydrogen) atoms. The van der Waals surface area contributed by atoms with Crippen molar-refractivity contribution in [3.05, 3.63) is 65.1 Å². The first-order valence-corrected chi connectivity index (χ1v) is 13.4. The number of pyridine rings is 3. The number of hydrogen-bond donors (Lipinski definition) is 1. The van der Waals surface area contributed by atoms with Crippen LogP contribution in [0.2, 0.25) is 5.02 Å². The molecule has 1 amide bonds. The number of carbonyl (C=O) groups is 1. The molecule has 0 radical (unpaired) electrons. The molecule has 3 aliphatic heterocycles. The van der Waals surface area contributed by atoms with E-state index >= 15 is 0 Å². The van der Waals surface area contributed by atoms with E-state index in [-0.39, 0.29) is 17.4 Å². The minimum absolute atomic E-state index is 0.0250. The van der Waals surface area contributed by atoms with Gasteiger partial charge in [0.1, 0.15) is 11.5 Å². The number of amides is 1. The number of nitrogens with one attached hydrogen (secondary N) is 1. The molecule has 3 aromatic rings. The summed E-state index contributed by atoms with van der Waals surface area (Å²) in [6, 6.07) is 11.9. The van der Waals surface area contributed by atoms with Gasteiger partial charge in [0, 0.05) is 55.1 Å². The molecule has 0 aliphatic carbocycles. The van der Waals surface area contributed by atoms with Crippen LogP contribution in [0.4, 0.5) is 5.82 Å². The number of fused-ring (bicyclic) bond motifs is 2. The first kappa shape index (κ1) is 24.1. The molecule has 3 aromatic heterocycles. The number of anilines is 1. The van der Waals surface area contributed by atoms with Crippen molar-refractivity contribution >= 4 is 23.3 Å². The molecule has 2 saturated heterocycles. The van der Waals surface area contributed by atoms with Crippen LogP contribution in [0.15, 0.2) is 48.8 Å². The van der Waals surface area contributed by atoms with Gasteiger partial charge < -0.3 is 19.9 Å². The predicted octanol–water partition coefficient (Wildman–Crippen LogP) is 3.95. The maximum absolute atomic E-state index is 13.9. The molecule has 1 unspecified atom stereocenters. The number of piperidine rings is 1. The topological polar surface area (TPSA) is 83.5 Å². The Morgan fingerprint density at radius 2 is 2.03 bits per heavy atom. The van der Waals surface area contributed by atoms with E-state index in [0.717, 1.165) is 68.9 Å². The summed E-state index contributed by atoms with van der Waals surface area (Å²) in [4.78, 5) is 32.2. The zero-order valence-electron chi connectivity index (χ0n) is 21.0. The number of aromatic nitrogens is 3. The number of carbonyl (C=O) groups excluding carboxylic acids is 1. The largest absolute Gasteiger partial charge is 0.477 e. The van der Waals surface area contributed by atoms with Crippen LogP contribution in [0, 0.1) is 0 Å². The second-order valence-corrected chi connectivity index (χ2v) is 10.5. The van der Waals surface area contributed by atoms with Crippen LogP contribution < -0.4 is 15.0 Å². The molecule has 192 valence electrons. The van der Waals surface area contributed by atoms with Crippen LogP contribution in [0.3, 0.4) is 0 Å². The third-order valence-corrected chi connectivity index (χ3v) is 8.19. The fraction of sp³-hybridized carbons (Fsp3) is 0.429. The van der Waals surface area contributed by atoms with Crippen LogP contribution in [-0.2, 0) is 5.41 Å². The van der Waals surface area contributed by atoms with Crippen molar-refractivity contribution in [2.24, 2.45) is 0 Å².